The number of fused-ring (bicyclic) bond motifs is 1. The van der Waals surface area contributed by atoms with Crippen molar-refractivity contribution in [2.75, 3.05) is 23.5 Å². The van der Waals surface area contributed by atoms with Crippen LogP contribution in [0.1, 0.15) is 52.4 Å². The molecule has 2 aromatic rings. The number of rotatable bonds is 8. The Labute approximate surface area is 180 Å². The van der Waals surface area contributed by atoms with Crippen molar-refractivity contribution in [3.63, 3.8) is 0 Å². The Morgan fingerprint density at radius 3 is 2.24 bits per heavy atom. The van der Waals surface area contributed by atoms with Crippen LogP contribution in [0.15, 0.2) is 58.3 Å². The van der Waals surface area contributed by atoms with E-state index in [-0.39, 0.29) is 11.2 Å². The SMILES string of the molecule is CCCCC1(CCCC)CN(c2ccccc2)c2cc(SC)ccc2S(=O)(=O)C1. The first-order chi connectivity index (χ1) is 13.9. The fourth-order valence-corrected chi connectivity index (χ4v) is 6.95. The van der Waals surface area contributed by atoms with E-state index in [1.807, 2.05) is 36.6 Å². The number of sulfone groups is 1. The molecule has 0 atom stereocenters. The number of para-hydroxylation sites is 1. The second-order valence-corrected chi connectivity index (χ2v) is 11.1. The van der Waals surface area contributed by atoms with E-state index in [2.05, 4.69) is 36.9 Å². The summed E-state index contributed by atoms with van der Waals surface area (Å²) in [5, 5.41) is 0. The van der Waals surface area contributed by atoms with E-state index in [9.17, 15) is 8.42 Å². The molecule has 0 aliphatic carbocycles. The summed E-state index contributed by atoms with van der Waals surface area (Å²) in [6.45, 7) is 5.13. The fraction of sp³-hybridized carbons (Fsp3) is 0.500. The molecule has 3 rings (SSSR count). The van der Waals surface area contributed by atoms with Crippen LogP contribution in [0.3, 0.4) is 0 Å². The molecule has 0 N–H and O–H groups in total. The summed E-state index contributed by atoms with van der Waals surface area (Å²) in [6, 6.07) is 16.1. The molecule has 0 aromatic heterocycles. The van der Waals surface area contributed by atoms with Gasteiger partial charge in [-0.25, -0.2) is 8.42 Å². The number of thioether (sulfide) groups is 1. The highest BCUT2D eigenvalue weighted by molar-refractivity contribution is 7.98. The molecule has 0 saturated carbocycles. The van der Waals surface area contributed by atoms with Gasteiger partial charge in [0.05, 0.1) is 16.3 Å². The second-order valence-electron chi connectivity index (χ2n) is 8.22. The first-order valence-corrected chi connectivity index (χ1v) is 13.6. The standard InChI is InChI=1S/C24H33NO2S2/c1-4-6-15-24(16-7-5-2)18-25(20-11-9-8-10-12-20)22-17-21(28-3)13-14-23(22)29(26,27)19-24/h8-14,17H,4-7,15-16,18-19H2,1-3H3. The summed E-state index contributed by atoms with van der Waals surface area (Å²) in [5.41, 5.74) is 1.68. The van der Waals surface area contributed by atoms with Gasteiger partial charge in [-0.2, -0.15) is 0 Å². The fourth-order valence-electron chi connectivity index (χ4n) is 4.41. The highest BCUT2D eigenvalue weighted by Crippen LogP contribution is 2.45. The van der Waals surface area contributed by atoms with Gasteiger partial charge in [0.2, 0.25) is 0 Å². The van der Waals surface area contributed by atoms with Crippen LogP contribution in [0.25, 0.3) is 0 Å². The maximum atomic E-state index is 13.6. The van der Waals surface area contributed by atoms with Crippen molar-refractivity contribution in [1.82, 2.24) is 0 Å². The Balaban J connectivity index is 2.19. The van der Waals surface area contributed by atoms with Gasteiger partial charge in [-0.15, -0.1) is 11.8 Å². The quantitative estimate of drug-likeness (QED) is 0.436. The van der Waals surface area contributed by atoms with E-state index in [0.717, 1.165) is 61.3 Å². The maximum absolute atomic E-state index is 13.6. The third-order valence-corrected chi connectivity index (χ3v) is 8.70. The van der Waals surface area contributed by atoms with Crippen LogP contribution in [0.5, 0.6) is 0 Å². The minimum absolute atomic E-state index is 0.223. The zero-order chi connectivity index (χ0) is 20.9. The van der Waals surface area contributed by atoms with Crippen molar-refractivity contribution in [2.24, 2.45) is 5.41 Å². The van der Waals surface area contributed by atoms with Gasteiger partial charge in [0.1, 0.15) is 0 Å². The average Bonchev–Trinajstić information content (AvgIpc) is 2.83. The van der Waals surface area contributed by atoms with Crippen molar-refractivity contribution < 1.29 is 8.42 Å². The van der Waals surface area contributed by atoms with Gasteiger partial charge >= 0.3 is 0 Å². The van der Waals surface area contributed by atoms with Crippen LogP contribution in [0.4, 0.5) is 11.4 Å². The molecule has 29 heavy (non-hydrogen) atoms. The van der Waals surface area contributed by atoms with E-state index in [1.165, 1.54) is 0 Å². The van der Waals surface area contributed by atoms with Gasteiger partial charge in [0.25, 0.3) is 0 Å². The zero-order valence-corrected chi connectivity index (χ0v) is 19.5. The van der Waals surface area contributed by atoms with Crippen molar-refractivity contribution >= 4 is 33.0 Å². The minimum Gasteiger partial charge on any atom is -0.340 e. The minimum atomic E-state index is -3.36. The number of hydrogen-bond donors (Lipinski definition) is 0. The van der Waals surface area contributed by atoms with Crippen LogP contribution in [-0.2, 0) is 9.84 Å². The van der Waals surface area contributed by atoms with Crippen molar-refractivity contribution in [2.45, 2.75) is 62.2 Å². The van der Waals surface area contributed by atoms with Crippen molar-refractivity contribution in [3.8, 4) is 0 Å². The molecule has 0 amide bonds. The molecule has 0 fully saturated rings. The number of nitrogens with zero attached hydrogens (tertiary/aromatic N) is 1. The molecule has 0 unspecified atom stereocenters. The number of unbranched alkanes of at least 4 members (excludes halogenated alkanes) is 2. The molecule has 1 heterocycles. The van der Waals surface area contributed by atoms with Crippen molar-refractivity contribution in [3.05, 3.63) is 48.5 Å². The molecular weight excluding hydrogens is 398 g/mol. The molecule has 0 saturated heterocycles. The Morgan fingerprint density at radius 2 is 1.66 bits per heavy atom. The van der Waals surface area contributed by atoms with E-state index in [0.29, 0.717) is 4.90 Å². The van der Waals surface area contributed by atoms with Gasteiger partial charge in [0, 0.05) is 22.5 Å². The van der Waals surface area contributed by atoms with Gasteiger partial charge in [-0.3, -0.25) is 0 Å². The zero-order valence-electron chi connectivity index (χ0n) is 17.9. The lowest BCUT2D eigenvalue weighted by Crippen LogP contribution is -2.38. The normalized spacial score (nSPS) is 17.6. The molecular formula is C24H33NO2S2. The predicted octanol–water partition coefficient (Wildman–Crippen LogP) is 6.70. The lowest BCUT2D eigenvalue weighted by molar-refractivity contribution is 0.270. The molecule has 1 aliphatic rings. The van der Waals surface area contributed by atoms with Gasteiger partial charge in [-0.1, -0.05) is 57.7 Å². The predicted molar refractivity (Wildman–Crippen MR) is 125 cm³/mol. The summed E-state index contributed by atoms with van der Waals surface area (Å²) in [5.74, 6) is 0.245. The molecule has 5 heteroatoms. The Bertz CT molecular complexity index is 902. The number of benzene rings is 2. The number of anilines is 2. The lowest BCUT2D eigenvalue weighted by Gasteiger charge is -2.37. The summed E-state index contributed by atoms with van der Waals surface area (Å²) < 4.78 is 27.2. The molecule has 0 bridgehead atoms. The van der Waals surface area contributed by atoms with Crippen LogP contribution in [-0.4, -0.2) is 27.0 Å². The maximum Gasteiger partial charge on any atom is 0.181 e. The third-order valence-electron chi connectivity index (χ3n) is 5.97. The summed E-state index contributed by atoms with van der Waals surface area (Å²) in [7, 11) is -3.36. The Hall–Kier alpha value is -1.46. The summed E-state index contributed by atoms with van der Waals surface area (Å²) in [6.07, 6.45) is 8.24. The van der Waals surface area contributed by atoms with Gasteiger partial charge in [0.15, 0.2) is 9.84 Å². The van der Waals surface area contributed by atoms with Gasteiger partial charge in [-0.05, 0) is 49.4 Å². The van der Waals surface area contributed by atoms with E-state index in [1.54, 1.807) is 11.8 Å². The highest BCUT2D eigenvalue weighted by Gasteiger charge is 2.42. The van der Waals surface area contributed by atoms with Crippen LogP contribution >= 0.6 is 11.8 Å². The van der Waals surface area contributed by atoms with E-state index in [4.69, 9.17) is 0 Å². The lowest BCUT2D eigenvalue weighted by atomic mass is 9.79. The molecule has 158 valence electrons. The molecule has 0 spiro atoms. The van der Waals surface area contributed by atoms with Crippen LogP contribution in [0.2, 0.25) is 0 Å². The smallest absolute Gasteiger partial charge is 0.181 e. The molecule has 0 radical (unpaired) electrons. The van der Waals surface area contributed by atoms with Crippen LogP contribution in [0, 0.1) is 5.41 Å². The summed E-state index contributed by atoms with van der Waals surface area (Å²) >= 11 is 1.65. The van der Waals surface area contributed by atoms with Crippen LogP contribution < -0.4 is 4.90 Å². The second kappa shape index (κ2) is 9.57. The average molecular weight is 432 g/mol. The molecule has 1 aliphatic heterocycles. The Morgan fingerprint density at radius 1 is 1.00 bits per heavy atom. The third kappa shape index (κ3) is 5.00. The van der Waals surface area contributed by atoms with E-state index < -0.39 is 9.84 Å². The van der Waals surface area contributed by atoms with E-state index >= 15 is 0 Å². The van der Waals surface area contributed by atoms with Gasteiger partial charge < -0.3 is 4.90 Å². The first-order valence-electron chi connectivity index (χ1n) is 10.7. The monoisotopic (exact) mass is 431 g/mol. The summed E-state index contributed by atoms with van der Waals surface area (Å²) in [4.78, 5) is 3.84. The topological polar surface area (TPSA) is 37.4 Å². The Kier molecular flexibility index (Phi) is 7.33. The van der Waals surface area contributed by atoms with Crippen molar-refractivity contribution in [1.29, 1.82) is 0 Å². The first kappa shape index (κ1) is 22.2. The molecule has 3 nitrogen and oxygen atoms in total. The molecule has 2 aromatic carbocycles. The highest BCUT2D eigenvalue weighted by atomic mass is 32.2. The largest absolute Gasteiger partial charge is 0.340 e. The number of hydrogen-bond acceptors (Lipinski definition) is 4.